The fourth-order valence-electron chi connectivity index (χ4n) is 3.66. The zero-order valence-corrected chi connectivity index (χ0v) is 16.1. The van der Waals surface area contributed by atoms with Gasteiger partial charge in [0.05, 0.1) is 24.6 Å². The molecule has 146 valence electrons. The summed E-state index contributed by atoms with van der Waals surface area (Å²) in [5.41, 5.74) is 10.2. The SMILES string of the molecule is Cc1nc2ccc(-c3ccnc(N)c3)nc2n1-c1ccnc(N2CCOCC2)c1. The first-order valence-electron chi connectivity index (χ1n) is 9.56. The summed E-state index contributed by atoms with van der Waals surface area (Å²) in [6, 6.07) is 11.7. The minimum atomic E-state index is 0.471. The van der Waals surface area contributed by atoms with E-state index in [0.717, 1.165) is 66.1 Å². The highest BCUT2D eigenvalue weighted by molar-refractivity contribution is 5.78. The molecule has 1 fully saturated rings. The first-order chi connectivity index (χ1) is 14.2. The number of anilines is 2. The number of hydrogen-bond donors (Lipinski definition) is 1. The van der Waals surface area contributed by atoms with Crippen LogP contribution in [0.3, 0.4) is 0 Å². The molecule has 4 aromatic heterocycles. The van der Waals surface area contributed by atoms with Gasteiger partial charge in [-0.3, -0.25) is 4.57 Å². The quantitative estimate of drug-likeness (QED) is 0.577. The number of fused-ring (bicyclic) bond motifs is 1. The molecule has 1 aliphatic rings. The van der Waals surface area contributed by atoms with Gasteiger partial charge in [0.2, 0.25) is 0 Å². The number of imidazole rings is 1. The Balaban J connectivity index is 1.61. The van der Waals surface area contributed by atoms with Gasteiger partial charge in [0.25, 0.3) is 0 Å². The number of pyridine rings is 3. The van der Waals surface area contributed by atoms with Crippen LogP contribution in [0.4, 0.5) is 11.6 Å². The molecule has 0 bridgehead atoms. The van der Waals surface area contributed by atoms with Crippen molar-refractivity contribution in [3.8, 4) is 16.9 Å². The van der Waals surface area contributed by atoms with Crippen LogP contribution in [0.15, 0.2) is 48.8 Å². The lowest BCUT2D eigenvalue weighted by Crippen LogP contribution is -2.36. The molecular weight excluding hydrogens is 366 g/mol. The van der Waals surface area contributed by atoms with E-state index in [1.165, 1.54) is 0 Å². The fourth-order valence-corrected chi connectivity index (χ4v) is 3.66. The van der Waals surface area contributed by atoms with E-state index < -0.39 is 0 Å². The molecule has 0 radical (unpaired) electrons. The third-order valence-electron chi connectivity index (χ3n) is 5.07. The Morgan fingerprint density at radius 3 is 2.62 bits per heavy atom. The number of rotatable bonds is 3. The van der Waals surface area contributed by atoms with Crippen molar-refractivity contribution < 1.29 is 4.74 Å². The van der Waals surface area contributed by atoms with Gasteiger partial charge < -0.3 is 15.4 Å². The van der Waals surface area contributed by atoms with Crippen molar-refractivity contribution in [3.05, 3.63) is 54.6 Å². The number of aryl methyl sites for hydroxylation is 1. The molecule has 0 amide bonds. The Labute approximate surface area is 168 Å². The van der Waals surface area contributed by atoms with Crippen LogP contribution in [0.2, 0.25) is 0 Å². The largest absolute Gasteiger partial charge is 0.384 e. The number of hydrogen-bond acceptors (Lipinski definition) is 7. The Morgan fingerprint density at radius 2 is 1.79 bits per heavy atom. The van der Waals surface area contributed by atoms with E-state index in [1.807, 2.05) is 43.5 Å². The zero-order valence-electron chi connectivity index (χ0n) is 16.1. The Morgan fingerprint density at radius 1 is 0.966 bits per heavy atom. The molecule has 1 saturated heterocycles. The minimum Gasteiger partial charge on any atom is -0.384 e. The Bertz CT molecular complexity index is 1180. The van der Waals surface area contributed by atoms with Crippen molar-refractivity contribution in [3.63, 3.8) is 0 Å². The van der Waals surface area contributed by atoms with E-state index in [-0.39, 0.29) is 0 Å². The first-order valence-corrected chi connectivity index (χ1v) is 9.56. The van der Waals surface area contributed by atoms with Gasteiger partial charge in [-0.2, -0.15) is 0 Å². The van der Waals surface area contributed by atoms with E-state index >= 15 is 0 Å². The number of morpholine rings is 1. The van der Waals surface area contributed by atoms with E-state index in [4.69, 9.17) is 20.4 Å². The predicted molar refractivity (Wildman–Crippen MR) is 112 cm³/mol. The highest BCUT2D eigenvalue weighted by Gasteiger charge is 2.16. The molecular formula is C21H21N7O. The smallest absolute Gasteiger partial charge is 0.165 e. The van der Waals surface area contributed by atoms with E-state index in [0.29, 0.717) is 5.82 Å². The summed E-state index contributed by atoms with van der Waals surface area (Å²) < 4.78 is 7.52. The lowest BCUT2D eigenvalue weighted by Gasteiger charge is -2.28. The first kappa shape index (κ1) is 17.6. The van der Waals surface area contributed by atoms with Crippen LogP contribution in [0.1, 0.15) is 5.82 Å². The van der Waals surface area contributed by atoms with Gasteiger partial charge in [-0.25, -0.2) is 19.9 Å². The molecule has 5 heterocycles. The van der Waals surface area contributed by atoms with E-state index in [1.54, 1.807) is 6.20 Å². The molecule has 8 nitrogen and oxygen atoms in total. The number of aromatic nitrogens is 5. The summed E-state index contributed by atoms with van der Waals surface area (Å²) in [4.78, 5) is 20.4. The van der Waals surface area contributed by atoms with Crippen LogP contribution < -0.4 is 10.6 Å². The standard InChI is InChI=1S/C21H21N7O/c1-14-25-18-3-2-17(15-4-6-23-19(22)12-15)26-21(18)28(14)16-5-7-24-20(13-16)27-8-10-29-11-9-27/h2-7,12-13H,8-11H2,1H3,(H2,22,23). The molecule has 4 aromatic rings. The van der Waals surface area contributed by atoms with Crippen molar-refractivity contribution in [1.29, 1.82) is 0 Å². The third kappa shape index (κ3) is 3.27. The fraction of sp³-hybridized carbons (Fsp3) is 0.238. The summed E-state index contributed by atoms with van der Waals surface area (Å²) in [5, 5.41) is 0. The second-order valence-electron chi connectivity index (χ2n) is 6.97. The molecule has 0 aromatic carbocycles. The molecule has 0 unspecified atom stereocenters. The van der Waals surface area contributed by atoms with Crippen molar-refractivity contribution in [2.75, 3.05) is 36.9 Å². The summed E-state index contributed by atoms with van der Waals surface area (Å²) in [6.45, 7) is 5.11. The van der Waals surface area contributed by atoms with Gasteiger partial charge in [0.15, 0.2) is 5.65 Å². The van der Waals surface area contributed by atoms with Crippen LogP contribution in [0.25, 0.3) is 28.1 Å². The second-order valence-corrected chi connectivity index (χ2v) is 6.97. The van der Waals surface area contributed by atoms with Crippen molar-refractivity contribution >= 4 is 22.8 Å². The van der Waals surface area contributed by atoms with Crippen LogP contribution >= 0.6 is 0 Å². The number of nitrogens with two attached hydrogens (primary N) is 1. The van der Waals surface area contributed by atoms with Crippen LogP contribution in [0, 0.1) is 6.92 Å². The average molecular weight is 387 g/mol. The normalized spacial score (nSPS) is 14.4. The van der Waals surface area contributed by atoms with Crippen LogP contribution in [-0.4, -0.2) is 50.8 Å². The lowest BCUT2D eigenvalue weighted by molar-refractivity contribution is 0.122. The molecule has 8 heteroatoms. The number of nitrogen functional groups attached to an aromatic ring is 1. The van der Waals surface area contributed by atoms with Crippen molar-refractivity contribution in [1.82, 2.24) is 24.5 Å². The lowest BCUT2D eigenvalue weighted by atomic mass is 10.1. The number of ether oxygens (including phenoxy) is 1. The van der Waals surface area contributed by atoms with Crippen molar-refractivity contribution in [2.45, 2.75) is 6.92 Å². The molecule has 29 heavy (non-hydrogen) atoms. The average Bonchev–Trinajstić information content (AvgIpc) is 3.09. The van der Waals surface area contributed by atoms with Gasteiger partial charge in [-0.15, -0.1) is 0 Å². The molecule has 0 aliphatic carbocycles. The Hall–Kier alpha value is -3.52. The van der Waals surface area contributed by atoms with Gasteiger partial charge in [0, 0.05) is 37.1 Å². The van der Waals surface area contributed by atoms with Gasteiger partial charge in [0.1, 0.15) is 23.0 Å². The molecule has 5 rings (SSSR count). The highest BCUT2D eigenvalue weighted by atomic mass is 16.5. The topological polar surface area (TPSA) is 95.0 Å². The summed E-state index contributed by atoms with van der Waals surface area (Å²) in [5.74, 6) is 2.28. The monoisotopic (exact) mass is 387 g/mol. The number of nitrogens with zero attached hydrogens (tertiary/aromatic N) is 6. The summed E-state index contributed by atoms with van der Waals surface area (Å²) in [7, 11) is 0. The van der Waals surface area contributed by atoms with Crippen LogP contribution in [-0.2, 0) is 4.74 Å². The van der Waals surface area contributed by atoms with E-state index in [2.05, 4.69) is 25.5 Å². The maximum Gasteiger partial charge on any atom is 0.165 e. The third-order valence-corrected chi connectivity index (χ3v) is 5.07. The van der Waals surface area contributed by atoms with E-state index in [9.17, 15) is 0 Å². The summed E-state index contributed by atoms with van der Waals surface area (Å²) in [6.07, 6.45) is 3.52. The highest BCUT2D eigenvalue weighted by Crippen LogP contribution is 2.26. The zero-order chi connectivity index (χ0) is 19.8. The maximum atomic E-state index is 5.84. The van der Waals surface area contributed by atoms with Gasteiger partial charge in [-0.1, -0.05) is 0 Å². The predicted octanol–water partition coefficient (Wildman–Crippen LogP) is 2.60. The van der Waals surface area contributed by atoms with Gasteiger partial charge in [-0.05, 0) is 37.3 Å². The van der Waals surface area contributed by atoms with Crippen LogP contribution in [0.5, 0.6) is 0 Å². The maximum absolute atomic E-state index is 5.84. The molecule has 0 spiro atoms. The van der Waals surface area contributed by atoms with Crippen molar-refractivity contribution in [2.24, 2.45) is 0 Å². The molecule has 0 atom stereocenters. The molecule has 1 aliphatic heterocycles. The summed E-state index contributed by atoms with van der Waals surface area (Å²) >= 11 is 0. The van der Waals surface area contributed by atoms with Gasteiger partial charge >= 0.3 is 0 Å². The second kappa shape index (κ2) is 7.14. The minimum absolute atomic E-state index is 0.471. The molecule has 0 saturated carbocycles. The Kier molecular flexibility index (Phi) is 4.33. The molecule has 2 N–H and O–H groups in total.